The number of nitrogens with one attached hydrogen (secondary N) is 1. The lowest BCUT2D eigenvalue weighted by Gasteiger charge is -2.28. The number of nitrogen functional groups attached to an aromatic ring is 1. The molecule has 0 unspecified atom stereocenters. The maximum atomic E-state index is 12.5. The Kier molecular flexibility index (Phi) is 4.31. The van der Waals surface area contributed by atoms with E-state index in [0.717, 1.165) is 36.3 Å². The summed E-state index contributed by atoms with van der Waals surface area (Å²) in [6, 6.07) is 15.8. The number of rotatable bonds is 3. The maximum absolute atomic E-state index is 12.5. The number of hydrogen-bond acceptors (Lipinski definition) is 4. The second-order valence-corrected chi connectivity index (χ2v) is 6.85. The van der Waals surface area contributed by atoms with Gasteiger partial charge in [-0.1, -0.05) is 24.3 Å². The van der Waals surface area contributed by atoms with Crippen LogP contribution in [-0.4, -0.2) is 21.4 Å². The summed E-state index contributed by atoms with van der Waals surface area (Å²) in [5.41, 5.74) is 11.6. The van der Waals surface area contributed by atoms with Gasteiger partial charge in [-0.05, 0) is 48.7 Å². The van der Waals surface area contributed by atoms with Crippen LogP contribution in [0.4, 0.5) is 5.69 Å². The van der Waals surface area contributed by atoms with Gasteiger partial charge in [0.2, 0.25) is 0 Å². The highest BCUT2D eigenvalue weighted by Gasteiger charge is 2.21. The molecule has 5 nitrogen and oxygen atoms in total. The van der Waals surface area contributed by atoms with E-state index in [1.807, 2.05) is 24.3 Å². The minimum Gasteiger partial charge on any atom is -0.399 e. The standard InChI is InChI=1S/C21H22N4O/c1-14-4-2-3-5-16(14)12-25-11-10-18-19(13-25)23-20(24-21(18)26)15-6-8-17(22)9-7-15/h2-9H,10-13,22H2,1H3,(H,23,24,26). The molecular formula is C21H22N4O. The minimum absolute atomic E-state index is 0.0302. The average Bonchev–Trinajstić information content (AvgIpc) is 2.64. The van der Waals surface area contributed by atoms with E-state index >= 15 is 0 Å². The van der Waals surface area contributed by atoms with Gasteiger partial charge in [-0.2, -0.15) is 0 Å². The van der Waals surface area contributed by atoms with Gasteiger partial charge in [0.15, 0.2) is 0 Å². The molecule has 5 heteroatoms. The summed E-state index contributed by atoms with van der Waals surface area (Å²) in [5.74, 6) is 0.603. The molecule has 1 aliphatic heterocycles. The summed E-state index contributed by atoms with van der Waals surface area (Å²) < 4.78 is 0. The fourth-order valence-corrected chi connectivity index (χ4v) is 3.43. The van der Waals surface area contributed by atoms with Crippen LogP contribution in [0, 0.1) is 6.92 Å². The van der Waals surface area contributed by atoms with Gasteiger partial charge in [-0.25, -0.2) is 4.98 Å². The molecule has 2 heterocycles. The second kappa shape index (κ2) is 6.77. The molecule has 0 saturated carbocycles. The van der Waals surface area contributed by atoms with Gasteiger partial charge >= 0.3 is 0 Å². The Morgan fingerprint density at radius 3 is 2.69 bits per heavy atom. The van der Waals surface area contributed by atoms with Crippen molar-refractivity contribution in [2.75, 3.05) is 12.3 Å². The lowest BCUT2D eigenvalue weighted by atomic mass is 10.0. The van der Waals surface area contributed by atoms with E-state index in [4.69, 9.17) is 10.7 Å². The third-order valence-corrected chi connectivity index (χ3v) is 4.99. The highest BCUT2D eigenvalue weighted by molar-refractivity contribution is 5.58. The Morgan fingerprint density at radius 2 is 1.92 bits per heavy atom. The first-order valence-corrected chi connectivity index (χ1v) is 8.85. The average molecular weight is 346 g/mol. The van der Waals surface area contributed by atoms with Gasteiger partial charge in [-0.15, -0.1) is 0 Å². The Balaban J connectivity index is 1.62. The van der Waals surface area contributed by atoms with Crippen molar-refractivity contribution in [2.45, 2.75) is 26.4 Å². The molecule has 0 radical (unpaired) electrons. The molecule has 3 aromatic rings. The van der Waals surface area contributed by atoms with Crippen molar-refractivity contribution in [3.63, 3.8) is 0 Å². The molecule has 2 aromatic carbocycles. The van der Waals surface area contributed by atoms with Gasteiger partial charge in [0, 0.05) is 36.4 Å². The summed E-state index contributed by atoms with van der Waals surface area (Å²) in [4.78, 5) is 22.5. The van der Waals surface area contributed by atoms with Crippen LogP contribution in [0.25, 0.3) is 11.4 Å². The molecule has 0 saturated heterocycles. The van der Waals surface area contributed by atoms with Crippen LogP contribution < -0.4 is 11.3 Å². The Bertz CT molecular complexity index is 992. The molecule has 4 rings (SSSR count). The third-order valence-electron chi connectivity index (χ3n) is 4.99. The molecule has 26 heavy (non-hydrogen) atoms. The monoisotopic (exact) mass is 346 g/mol. The lowest BCUT2D eigenvalue weighted by molar-refractivity contribution is 0.240. The molecule has 132 valence electrons. The molecular weight excluding hydrogens is 324 g/mol. The molecule has 0 fully saturated rings. The van der Waals surface area contributed by atoms with Crippen LogP contribution >= 0.6 is 0 Å². The summed E-state index contributed by atoms with van der Waals surface area (Å²) in [6.45, 7) is 4.57. The van der Waals surface area contributed by atoms with Crippen LogP contribution in [0.15, 0.2) is 53.3 Å². The zero-order valence-electron chi connectivity index (χ0n) is 14.8. The van der Waals surface area contributed by atoms with Crippen molar-refractivity contribution in [1.82, 2.24) is 14.9 Å². The number of fused-ring (bicyclic) bond motifs is 1. The zero-order valence-corrected chi connectivity index (χ0v) is 14.8. The van der Waals surface area contributed by atoms with Gasteiger partial charge in [0.25, 0.3) is 5.56 Å². The predicted molar refractivity (Wildman–Crippen MR) is 104 cm³/mol. The minimum atomic E-state index is -0.0302. The van der Waals surface area contributed by atoms with Crippen LogP contribution in [0.1, 0.15) is 22.4 Å². The van der Waals surface area contributed by atoms with Crippen molar-refractivity contribution < 1.29 is 0 Å². The van der Waals surface area contributed by atoms with Crippen molar-refractivity contribution in [3.05, 3.63) is 81.3 Å². The Morgan fingerprint density at radius 1 is 1.15 bits per heavy atom. The first-order chi connectivity index (χ1) is 12.6. The lowest BCUT2D eigenvalue weighted by Crippen LogP contribution is -2.35. The highest BCUT2D eigenvalue weighted by Crippen LogP contribution is 2.21. The number of H-pyrrole nitrogens is 1. The van der Waals surface area contributed by atoms with E-state index in [9.17, 15) is 4.79 Å². The molecule has 0 aliphatic carbocycles. The van der Waals surface area contributed by atoms with E-state index in [-0.39, 0.29) is 5.56 Å². The van der Waals surface area contributed by atoms with Crippen LogP contribution in [-0.2, 0) is 19.5 Å². The topological polar surface area (TPSA) is 75.0 Å². The number of hydrogen-bond donors (Lipinski definition) is 2. The molecule has 0 spiro atoms. The Hall–Kier alpha value is -2.92. The van der Waals surface area contributed by atoms with Gasteiger partial charge in [-0.3, -0.25) is 9.69 Å². The molecule has 3 N–H and O–H groups in total. The number of aromatic nitrogens is 2. The van der Waals surface area contributed by atoms with Crippen LogP contribution in [0.2, 0.25) is 0 Å². The molecule has 0 atom stereocenters. The summed E-state index contributed by atoms with van der Waals surface area (Å²) in [5, 5.41) is 0. The summed E-state index contributed by atoms with van der Waals surface area (Å²) in [6.07, 6.45) is 0.728. The normalized spacial score (nSPS) is 14.2. The number of nitrogens with zero attached hydrogens (tertiary/aromatic N) is 2. The molecule has 0 bridgehead atoms. The predicted octanol–water partition coefficient (Wildman–Crippen LogP) is 2.89. The smallest absolute Gasteiger partial charge is 0.254 e. The van der Waals surface area contributed by atoms with Gasteiger partial charge < -0.3 is 10.7 Å². The fraction of sp³-hybridized carbons (Fsp3) is 0.238. The summed E-state index contributed by atoms with van der Waals surface area (Å²) in [7, 11) is 0. The number of anilines is 1. The van der Waals surface area contributed by atoms with E-state index in [2.05, 4.69) is 41.1 Å². The van der Waals surface area contributed by atoms with E-state index in [0.29, 0.717) is 18.1 Å². The number of benzene rings is 2. The number of aromatic amines is 1. The van der Waals surface area contributed by atoms with E-state index in [1.54, 1.807) is 0 Å². The molecule has 0 amide bonds. The SMILES string of the molecule is Cc1ccccc1CN1CCc2c(nc(-c3ccc(N)cc3)[nH]c2=O)C1. The van der Waals surface area contributed by atoms with Crippen LogP contribution in [0.5, 0.6) is 0 Å². The van der Waals surface area contributed by atoms with E-state index < -0.39 is 0 Å². The van der Waals surface area contributed by atoms with Crippen LogP contribution in [0.3, 0.4) is 0 Å². The van der Waals surface area contributed by atoms with Crippen molar-refractivity contribution in [1.29, 1.82) is 0 Å². The highest BCUT2D eigenvalue weighted by atomic mass is 16.1. The largest absolute Gasteiger partial charge is 0.399 e. The fourth-order valence-electron chi connectivity index (χ4n) is 3.43. The molecule has 1 aliphatic rings. The van der Waals surface area contributed by atoms with Crippen molar-refractivity contribution >= 4 is 5.69 Å². The van der Waals surface area contributed by atoms with Crippen molar-refractivity contribution in [2.24, 2.45) is 0 Å². The Labute approximate surface area is 152 Å². The first kappa shape index (κ1) is 16.5. The second-order valence-electron chi connectivity index (χ2n) is 6.85. The third kappa shape index (κ3) is 3.26. The number of nitrogens with two attached hydrogens (primary N) is 1. The summed E-state index contributed by atoms with van der Waals surface area (Å²) >= 11 is 0. The van der Waals surface area contributed by atoms with E-state index in [1.165, 1.54) is 11.1 Å². The first-order valence-electron chi connectivity index (χ1n) is 8.85. The molecule has 1 aromatic heterocycles. The van der Waals surface area contributed by atoms with Gasteiger partial charge in [0.1, 0.15) is 5.82 Å². The quantitative estimate of drug-likeness (QED) is 0.715. The number of aryl methyl sites for hydroxylation is 1. The van der Waals surface area contributed by atoms with Gasteiger partial charge in [0.05, 0.1) is 5.69 Å². The zero-order chi connectivity index (χ0) is 18.1. The maximum Gasteiger partial charge on any atom is 0.254 e. The van der Waals surface area contributed by atoms with Crippen molar-refractivity contribution in [3.8, 4) is 11.4 Å².